The molecule has 1 unspecified atom stereocenters. The summed E-state index contributed by atoms with van der Waals surface area (Å²) in [5, 5.41) is 17.8. The number of hydrogen-bond donors (Lipinski definition) is 4. The van der Waals surface area contributed by atoms with Crippen molar-refractivity contribution in [1.29, 1.82) is 0 Å². The molecule has 5 N–H and O–H groups in total. The van der Waals surface area contributed by atoms with Crippen molar-refractivity contribution in [3.63, 3.8) is 0 Å². The Labute approximate surface area is 166 Å². The van der Waals surface area contributed by atoms with Crippen molar-refractivity contribution in [1.82, 2.24) is 10.3 Å². The fourth-order valence-electron chi connectivity index (χ4n) is 2.47. The zero-order chi connectivity index (χ0) is 19.2. The van der Waals surface area contributed by atoms with E-state index in [0.717, 1.165) is 16.9 Å². The van der Waals surface area contributed by atoms with Crippen molar-refractivity contribution in [2.75, 3.05) is 18.5 Å². The Kier molecular flexibility index (Phi) is 6.41. The monoisotopic (exact) mass is 402 g/mol. The molecule has 0 spiro atoms. The zero-order valence-corrected chi connectivity index (χ0v) is 15.9. The van der Waals surface area contributed by atoms with Gasteiger partial charge < -0.3 is 21.5 Å². The number of aliphatic hydroxyl groups excluding tert-OH is 1. The van der Waals surface area contributed by atoms with E-state index in [-0.39, 0.29) is 19.1 Å². The van der Waals surface area contributed by atoms with Gasteiger partial charge in [0.1, 0.15) is 0 Å². The summed E-state index contributed by atoms with van der Waals surface area (Å²) in [7, 11) is 0. The summed E-state index contributed by atoms with van der Waals surface area (Å²) >= 11 is 7.65. The molecule has 0 bridgehead atoms. The Bertz CT molecular complexity index is 914. The number of nitrogens with one attached hydrogen (secondary N) is 2. The van der Waals surface area contributed by atoms with Crippen LogP contribution >= 0.6 is 22.9 Å². The van der Waals surface area contributed by atoms with Crippen molar-refractivity contribution in [2.24, 2.45) is 5.73 Å². The number of benzene rings is 2. The van der Waals surface area contributed by atoms with Gasteiger partial charge >= 0.3 is 0 Å². The largest absolute Gasteiger partial charge is 0.395 e. The van der Waals surface area contributed by atoms with Crippen molar-refractivity contribution < 1.29 is 9.90 Å². The number of carbonyl (C=O) groups excluding carboxylic acids is 1. The first kappa shape index (κ1) is 19.3. The van der Waals surface area contributed by atoms with Crippen LogP contribution in [-0.4, -0.2) is 29.1 Å². The molecule has 6 nitrogen and oxygen atoms in total. The standard InChI is InChI=1S/C19H19ClN4O2S/c20-15-4-2-1-3-14(15)17(21)16-11-27-19(24-16)23-13-7-5-12(6-8-13)18(26)22-9-10-25/h1-8,11,17,25H,9-10,21H2,(H,22,26)(H,23,24). The van der Waals surface area contributed by atoms with E-state index in [1.165, 1.54) is 11.3 Å². The number of aromatic nitrogens is 1. The Morgan fingerprint density at radius 1 is 1.22 bits per heavy atom. The summed E-state index contributed by atoms with van der Waals surface area (Å²) in [5.41, 5.74) is 9.18. The summed E-state index contributed by atoms with van der Waals surface area (Å²) < 4.78 is 0. The van der Waals surface area contributed by atoms with Crippen LogP contribution in [-0.2, 0) is 0 Å². The van der Waals surface area contributed by atoms with Gasteiger partial charge in [-0.05, 0) is 35.9 Å². The Balaban J connectivity index is 1.67. The smallest absolute Gasteiger partial charge is 0.251 e. The molecular weight excluding hydrogens is 384 g/mol. The molecule has 0 aliphatic carbocycles. The van der Waals surface area contributed by atoms with Gasteiger partial charge in [-0.1, -0.05) is 29.8 Å². The quantitative estimate of drug-likeness (QED) is 0.485. The molecule has 0 saturated carbocycles. The van der Waals surface area contributed by atoms with Gasteiger partial charge in [0.25, 0.3) is 5.91 Å². The lowest BCUT2D eigenvalue weighted by atomic mass is 10.1. The number of halogens is 1. The molecule has 1 aromatic heterocycles. The number of carbonyl (C=O) groups is 1. The predicted octanol–water partition coefficient (Wildman–Crippen LogP) is 3.31. The van der Waals surface area contributed by atoms with Crippen LogP contribution in [0, 0.1) is 0 Å². The highest BCUT2D eigenvalue weighted by atomic mass is 35.5. The Morgan fingerprint density at radius 3 is 2.67 bits per heavy atom. The number of anilines is 2. The van der Waals surface area contributed by atoms with E-state index in [1.54, 1.807) is 30.3 Å². The molecule has 3 aromatic rings. The lowest BCUT2D eigenvalue weighted by molar-refractivity contribution is 0.0945. The minimum absolute atomic E-state index is 0.0892. The van der Waals surface area contributed by atoms with Crippen LogP contribution in [0.25, 0.3) is 0 Å². The van der Waals surface area contributed by atoms with Crippen molar-refractivity contribution in [2.45, 2.75) is 6.04 Å². The first-order valence-electron chi connectivity index (χ1n) is 8.30. The van der Waals surface area contributed by atoms with Gasteiger partial charge in [0.05, 0.1) is 18.3 Å². The highest BCUT2D eigenvalue weighted by Crippen LogP contribution is 2.29. The van der Waals surface area contributed by atoms with Crippen LogP contribution in [0.5, 0.6) is 0 Å². The molecule has 1 atom stereocenters. The third-order valence-electron chi connectivity index (χ3n) is 3.88. The van der Waals surface area contributed by atoms with Crippen LogP contribution < -0.4 is 16.4 Å². The number of nitrogens with zero attached hydrogens (tertiary/aromatic N) is 1. The summed E-state index contributed by atoms with van der Waals surface area (Å²) in [6.07, 6.45) is 0. The van der Waals surface area contributed by atoms with Crippen molar-refractivity contribution in [3.05, 3.63) is 75.8 Å². The fraction of sp³-hybridized carbons (Fsp3) is 0.158. The summed E-state index contributed by atoms with van der Waals surface area (Å²) in [4.78, 5) is 16.4. The number of hydrogen-bond acceptors (Lipinski definition) is 6. The number of rotatable bonds is 7. The second-order valence-corrected chi connectivity index (χ2v) is 7.02. The maximum atomic E-state index is 11.8. The highest BCUT2D eigenvalue weighted by Gasteiger charge is 2.15. The Morgan fingerprint density at radius 2 is 1.96 bits per heavy atom. The normalized spacial score (nSPS) is 11.8. The SMILES string of the molecule is NC(c1csc(Nc2ccc(C(=O)NCCO)cc2)n1)c1ccccc1Cl. The number of amides is 1. The molecule has 0 aliphatic heterocycles. The van der Waals surface area contributed by atoms with Gasteiger partial charge in [0.2, 0.25) is 0 Å². The van der Waals surface area contributed by atoms with E-state index < -0.39 is 6.04 Å². The molecule has 0 fully saturated rings. The van der Waals surface area contributed by atoms with E-state index in [2.05, 4.69) is 15.6 Å². The summed E-state index contributed by atoms with van der Waals surface area (Å²) in [5.74, 6) is -0.224. The summed E-state index contributed by atoms with van der Waals surface area (Å²) in [6.45, 7) is 0.139. The topological polar surface area (TPSA) is 100 Å². The maximum Gasteiger partial charge on any atom is 0.251 e. The molecule has 1 amide bonds. The van der Waals surface area contributed by atoms with Gasteiger partial charge in [-0.2, -0.15) is 0 Å². The maximum absolute atomic E-state index is 11.8. The van der Waals surface area contributed by atoms with Crippen LogP contribution in [0.2, 0.25) is 5.02 Å². The molecule has 140 valence electrons. The molecular formula is C19H19ClN4O2S. The van der Waals surface area contributed by atoms with Crippen LogP contribution in [0.4, 0.5) is 10.8 Å². The lowest BCUT2D eigenvalue weighted by Gasteiger charge is -2.11. The second kappa shape index (κ2) is 8.96. The minimum Gasteiger partial charge on any atom is -0.395 e. The van der Waals surface area contributed by atoms with E-state index in [9.17, 15) is 4.79 Å². The number of nitrogens with two attached hydrogens (primary N) is 1. The van der Waals surface area contributed by atoms with Crippen LogP contribution in [0.3, 0.4) is 0 Å². The first-order valence-corrected chi connectivity index (χ1v) is 9.56. The number of thiazole rings is 1. The molecule has 2 aromatic carbocycles. The average Bonchev–Trinajstić information content (AvgIpc) is 3.15. The summed E-state index contributed by atoms with van der Waals surface area (Å²) in [6, 6.07) is 14.1. The van der Waals surface area contributed by atoms with Gasteiger partial charge in [0, 0.05) is 28.2 Å². The van der Waals surface area contributed by atoms with E-state index in [4.69, 9.17) is 22.4 Å². The van der Waals surface area contributed by atoms with Crippen molar-refractivity contribution in [3.8, 4) is 0 Å². The van der Waals surface area contributed by atoms with Crippen molar-refractivity contribution >= 4 is 39.7 Å². The molecule has 0 radical (unpaired) electrons. The average molecular weight is 403 g/mol. The number of aliphatic hydroxyl groups is 1. The molecule has 3 rings (SSSR count). The van der Waals surface area contributed by atoms with Gasteiger partial charge in [-0.3, -0.25) is 4.79 Å². The molecule has 0 aliphatic rings. The lowest BCUT2D eigenvalue weighted by Crippen LogP contribution is -2.26. The Hall–Kier alpha value is -2.45. The molecule has 0 saturated heterocycles. The molecule has 1 heterocycles. The van der Waals surface area contributed by atoms with Gasteiger partial charge in [-0.15, -0.1) is 11.3 Å². The molecule has 27 heavy (non-hydrogen) atoms. The van der Waals surface area contributed by atoms with E-state index in [1.807, 2.05) is 23.6 Å². The van der Waals surface area contributed by atoms with Crippen LogP contribution in [0.1, 0.15) is 27.7 Å². The predicted molar refractivity (Wildman–Crippen MR) is 109 cm³/mol. The fourth-order valence-corrected chi connectivity index (χ4v) is 3.49. The van der Waals surface area contributed by atoms with Gasteiger partial charge in [0.15, 0.2) is 5.13 Å². The zero-order valence-electron chi connectivity index (χ0n) is 14.4. The third kappa shape index (κ3) is 4.84. The minimum atomic E-state index is -0.400. The van der Waals surface area contributed by atoms with E-state index in [0.29, 0.717) is 15.7 Å². The highest BCUT2D eigenvalue weighted by molar-refractivity contribution is 7.13. The van der Waals surface area contributed by atoms with Crippen LogP contribution in [0.15, 0.2) is 53.9 Å². The first-order chi connectivity index (χ1) is 13.1. The molecule has 8 heteroatoms. The van der Waals surface area contributed by atoms with E-state index >= 15 is 0 Å². The van der Waals surface area contributed by atoms with Gasteiger partial charge in [-0.25, -0.2) is 4.98 Å². The second-order valence-electron chi connectivity index (χ2n) is 5.76. The third-order valence-corrected chi connectivity index (χ3v) is 5.00.